The van der Waals surface area contributed by atoms with Crippen molar-refractivity contribution in [2.24, 2.45) is 0 Å². The average Bonchev–Trinajstić information content (AvgIpc) is 2.86. The van der Waals surface area contributed by atoms with Gasteiger partial charge in [-0.3, -0.25) is 0 Å². The average molecular weight is 757 g/mol. The molecule has 0 aromatic rings. The van der Waals surface area contributed by atoms with Crippen LogP contribution in [0.15, 0.2) is 0 Å². The first kappa shape index (κ1) is 51.8. The normalized spacial score (nSPS) is 8.90. The van der Waals surface area contributed by atoms with E-state index >= 15 is 0 Å². The van der Waals surface area contributed by atoms with E-state index in [2.05, 4.69) is 0 Å². The Balaban J connectivity index is -0.0000000928. The number of hydrogen-bond acceptors (Lipinski definition) is 10. The number of carboxylic acid groups (broad SMARTS) is 5. The minimum absolute atomic E-state index is 0. The second-order valence-electron chi connectivity index (χ2n) is 9.15. The van der Waals surface area contributed by atoms with Crippen LogP contribution in [0, 0.1) is 0 Å². The predicted molar refractivity (Wildman–Crippen MR) is 146 cm³/mol. The zero-order valence-electron chi connectivity index (χ0n) is 26.2. The molecule has 0 spiro atoms. The molecule has 11 heteroatoms. The second-order valence-corrected chi connectivity index (χ2v) is 9.15. The van der Waals surface area contributed by atoms with E-state index < -0.39 is 29.8 Å². The Morgan fingerprint density at radius 3 is 0.512 bits per heavy atom. The number of aliphatic carboxylic acids is 5. The summed E-state index contributed by atoms with van der Waals surface area (Å²) in [4.78, 5) is 48.8. The largest absolute Gasteiger partial charge is 5.00 e. The van der Waals surface area contributed by atoms with Crippen LogP contribution in [0.3, 0.4) is 0 Å². The van der Waals surface area contributed by atoms with Crippen molar-refractivity contribution >= 4 is 29.8 Å². The number of carboxylic acids is 5. The molecule has 0 heterocycles. The van der Waals surface area contributed by atoms with Gasteiger partial charge in [-0.15, -0.1) is 0 Å². The van der Waals surface area contributed by atoms with Gasteiger partial charge in [0.2, 0.25) is 0 Å². The SMILES string of the molecule is CCCCCC(=O)[O-].CCCCCC(=O)[O-].CCCCCC(=O)[O-].CCCCCC(=O)[O-].CCCCCC(=O)[O-].[Ta+5]. The van der Waals surface area contributed by atoms with Crippen molar-refractivity contribution in [2.45, 2.75) is 163 Å². The van der Waals surface area contributed by atoms with Gasteiger partial charge in [0.25, 0.3) is 0 Å². The van der Waals surface area contributed by atoms with Crippen molar-refractivity contribution in [3.05, 3.63) is 0 Å². The third-order valence-electron chi connectivity index (χ3n) is 4.92. The second kappa shape index (κ2) is 47.9. The molecule has 0 fully saturated rings. The van der Waals surface area contributed by atoms with Gasteiger partial charge < -0.3 is 49.5 Å². The van der Waals surface area contributed by atoms with Gasteiger partial charge in [-0.05, 0) is 64.2 Å². The summed E-state index contributed by atoms with van der Waals surface area (Å²) in [7, 11) is 0. The van der Waals surface area contributed by atoms with E-state index in [0.717, 1.165) is 96.3 Å². The molecule has 41 heavy (non-hydrogen) atoms. The molecule has 0 saturated carbocycles. The van der Waals surface area contributed by atoms with Crippen LogP contribution >= 0.6 is 0 Å². The number of unbranched alkanes of at least 4 members (excludes halogenated alkanes) is 10. The fourth-order valence-corrected chi connectivity index (χ4v) is 2.60. The van der Waals surface area contributed by atoms with Gasteiger partial charge in [0.15, 0.2) is 0 Å². The summed E-state index contributed by atoms with van der Waals surface area (Å²) < 4.78 is 0. The Kier molecular flexibility index (Phi) is 60.5. The molecule has 0 aromatic heterocycles. The maximum absolute atomic E-state index is 9.76. The van der Waals surface area contributed by atoms with E-state index in [4.69, 9.17) is 0 Å². The van der Waals surface area contributed by atoms with Crippen molar-refractivity contribution in [1.82, 2.24) is 0 Å². The molecule has 0 saturated heterocycles. The van der Waals surface area contributed by atoms with E-state index in [0.29, 0.717) is 0 Å². The maximum Gasteiger partial charge on any atom is 5.00 e. The molecule has 0 aliphatic carbocycles. The summed E-state index contributed by atoms with van der Waals surface area (Å²) in [6, 6.07) is 0. The summed E-state index contributed by atoms with van der Waals surface area (Å²) in [6.07, 6.45) is 15.2. The van der Waals surface area contributed by atoms with Crippen LogP contribution in [0.5, 0.6) is 0 Å². The van der Waals surface area contributed by atoms with Crippen LogP contribution in [0.25, 0.3) is 0 Å². The fraction of sp³-hybridized carbons (Fsp3) is 0.833. The molecule has 0 rings (SSSR count). The van der Waals surface area contributed by atoms with E-state index in [1.54, 1.807) is 0 Å². The van der Waals surface area contributed by atoms with Crippen LogP contribution < -0.4 is 25.5 Å². The quantitative estimate of drug-likeness (QED) is 0.164. The molecule has 10 nitrogen and oxygen atoms in total. The van der Waals surface area contributed by atoms with Gasteiger partial charge in [0, 0.05) is 29.8 Å². The van der Waals surface area contributed by atoms with Gasteiger partial charge in [0.1, 0.15) is 0 Å². The minimum Gasteiger partial charge on any atom is -0.550 e. The van der Waals surface area contributed by atoms with Crippen molar-refractivity contribution in [1.29, 1.82) is 0 Å². The molecule has 0 bridgehead atoms. The van der Waals surface area contributed by atoms with E-state index in [1.165, 1.54) is 0 Å². The van der Waals surface area contributed by atoms with E-state index in [9.17, 15) is 49.5 Å². The number of rotatable bonds is 20. The molecule has 240 valence electrons. The Morgan fingerprint density at radius 2 is 0.439 bits per heavy atom. The van der Waals surface area contributed by atoms with Gasteiger partial charge in [-0.2, -0.15) is 0 Å². The van der Waals surface area contributed by atoms with Crippen molar-refractivity contribution in [3.8, 4) is 0 Å². The maximum atomic E-state index is 9.76. The van der Waals surface area contributed by atoms with Crippen LogP contribution in [0.1, 0.15) is 163 Å². The Bertz CT molecular complexity index is 468. The molecule has 0 aliphatic rings. The summed E-state index contributed by atoms with van der Waals surface area (Å²) in [5, 5.41) is 48.8. The summed E-state index contributed by atoms with van der Waals surface area (Å²) in [5.41, 5.74) is 0. The first-order valence-corrected chi connectivity index (χ1v) is 14.8. The molecule has 0 amide bonds. The molecule has 0 atom stereocenters. The fourth-order valence-electron chi connectivity index (χ4n) is 2.60. The smallest absolute Gasteiger partial charge is 0.550 e. The van der Waals surface area contributed by atoms with Gasteiger partial charge in [-0.25, -0.2) is 0 Å². The molecular formula is C30H55O10Ta. The van der Waals surface area contributed by atoms with Crippen molar-refractivity contribution in [3.63, 3.8) is 0 Å². The van der Waals surface area contributed by atoms with E-state index in [1.807, 2.05) is 34.6 Å². The Labute approximate surface area is 264 Å². The van der Waals surface area contributed by atoms with Gasteiger partial charge in [-0.1, -0.05) is 98.8 Å². The molecule has 0 aliphatic heterocycles. The predicted octanol–water partition coefficient (Wildman–Crippen LogP) is 1.58. The number of hydrogen-bond donors (Lipinski definition) is 0. The summed E-state index contributed by atoms with van der Waals surface area (Å²) in [5.74, 6) is -4.66. The first-order valence-electron chi connectivity index (χ1n) is 14.8. The number of carbonyl (C=O) groups is 5. The molecule has 0 radical (unpaired) electrons. The zero-order chi connectivity index (χ0) is 32.0. The minimum atomic E-state index is -0.932. The van der Waals surface area contributed by atoms with Gasteiger partial charge in [0.05, 0.1) is 0 Å². The summed E-state index contributed by atoms with van der Waals surface area (Å²) >= 11 is 0. The molecule has 0 N–H and O–H groups in total. The van der Waals surface area contributed by atoms with Crippen LogP contribution in [0.2, 0.25) is 0 Å². The summed E-state index contributed by atoms with van der Waals surface area (Å²) in [6.45, 7) is 10.2. The van der Waals surface area contributed by atoms with E-state index in [-0.39, 0.29) is 54.5 Å². The standard InChI is InChI=1S/5C6H12O2.Ta/c5*1-2-3-4-5-6(7)8;/h5*2-5H2,1H3,(H,7,8);/q;;;;;+5/p-5. The first-order chi connectivity index (χ1) is 18.9. The van der Waals surface area contributed by atoms with Crippen molar-refractivity contribution < 1.29 is 71.9 Å². The third-order valence-corrected chi connectivity index (χ3v) is 4.92. The molecular weight excluding hydrogens is 701 g/mol. The van der Waals surface area contributed by atoms with Crippen molar-refractivity contribution in [2.75, 3.05) is 0 Å². The molecule has 0 aromatic carbocycles. The third kappa shape index (κ3) is 93.1. The zero-order valence-corrected chi connectivity index (χ0v) is 29.4. The van der Waals surface area contributed by atoms with Gasteiger partial charge >= 0.3 is 22.4 Å². The Hall–Kier alpha value is -1.91. The number of carbonyl (C=O) groups excluding carboxylic acids is 5. The monoisotopic (exact) mass is 756 g/mol. The van der Waals surface area contributed by atoms with Crippen LogP contribution in [0.4, 0.5) is 0 Å². The topological polar surface area (TPSA) is 201 Å². The van der Waals surface area contributed by atoms with Crippen LogP contribution in [-0.2, 0) is 46.4 Å². The van der Waals surface area contributed by atoms with Crippen LogP contribution in [-0.4, -0.2) is 29.8 Å². The molecule has 0 unspecified atom stereocenters. The Morgan fingerprint density at radius 1 is 0.317 bits per heavy atom.